The van der Waals surface area contributed by atoms with Crippen molar-refractivity contribution in [2.75, 3.05) is 0 Å². The molecular formula is C9H13N. The first kappa shape index (κ1) is 7.26. The summed E-state index contributed by atoms with van der Waals surface area (Å²) in [5.41, 5.74) is 1.35. The highest BCUT2D eigenvalue weighted by Crippen LogP contribution is 2.06. The summed E-state index contributed by atoms with van der Waals surface area (Å²) in [5, 5.41) is 0. The van der Waals surface area contributed by atoms with Gasteiger partial charge in [-0.05, 0) is 25.0 Å². The van der Waals surface area contributed by atoms with E-state index in [2.05, 4.69) is 37.1 Å². The van der Waals surface area contributed by atoms with Crippen molar-refractivity contribution in [3.63, 3.8) is 0 Å². The second-order valence-electron chi connectivity index (χ2n) is 2.49. The fourth-order valence-electron chi connectivity index (χ4n) is 0.878. The van der Waals surface area contributed by atoms with Crippen molar-refractivity contribution in [2.45, 2.75) is 26.3 Å². The monoisotopic (exact) mass is 135 g/mol. The largest absolute Gasteiger partial charge is 0.286 e. The van der Waals surface area contributed by atoms with Crippen molar-refractivity contribution >= 4 is 6.21 Å². The Bertz CT molecular complexity index is 187. The molecule has 1 nitrogen and oxygen atoms in total. The predicted octanol–water partition coefficient (Wildman–Crippen LogP) is 2.35. The van der Waals surface area contributed by atoms with E-state index < -0.39 is 0 Å². The molecule has 1 rings (SSSR count). The minimum Gasteiger partial charge on any atom is -0.286 e. The Morgan fingerprint density at radius 2 is 2.40 bits per heavy atom. The standard InChI is InChI=1S/C9H13N/c1-3-9-5-4-8(2)10-7-6-9/h4-8H,3H2,1-2H3. The SMILES string of the molecule is CCC1=CC=NC(C)C=C1. The maximum Gasteiger partial charge on any atom is 0.0654 e. The van der Waals surface area contributed by atoms with E-state index in [4.69, 9.17) is 0 Å². The van der Waals surface area contributed by atoms with Crippen LogP contribution in [-0.2, 0) is 0 Å². The molecule has 54 valence electrons. The Morgan fingerprint density at radius 3 is 3.10 bits per heavy atom. The Hall–Kier alpha value is -0.850. The maximum atomic E-state index is 4.23. The van der Waals surface area contributed by atoms with Crippen LogP contribution in [0.5, 0.6) is 0 Å². The number of rotatable bonds is 1. The van der Waals surface area contributed by atoms with Gasteiger partial charge < -0.3 is 0 Å². The second-order valence-corrected chi connectivity index (χ2v) is 2.49. The molecule has 1 aliphatic rings. The van der Waals surface area contributed by atoms with Crippen LogP contribution in [-0.4, -0.2) is 12.3 Å². The molecule has 0 aromatic carbocycles. The molecule has 1 heteroatoms. The van der Waals surface area contributed by atoms with E-state index in [1.54, 1.807) is 0 Å². The zero-order chi connectivity index (χ0) is 7.40. The van der Waals surface area contributed by atoms with Crippen LogP contribution in [0.25, 0.3) is 0 Å². The quantitative estimate of drug-likeness (QED) is 0.523. The molecule has 0 fully saturated rings. The van der Waals surface area contributed by atoms with E-state index in [1.165, 1.54) is 5.57 Å². The van der Waals surface area contributed by atoms with Crippen LogP contribution in [0.15, 0.2) is 28.8 Å². The predicted molar refractivity (Wildman–Crippen MR) is 45.5 cm³/mol. The minimum atomic E-state index is 0.347. The van der Waals surface area contributed by atoms with Gasteiger partial charge in [0.1, 0.15) is 0 Å². The van der Waals surface area contributed by atoms with Gasteiger partial charge >= 0.3 is 0 Å². The summed E-state index contributed by atoms with van der Waals surface area (Å²) in [6, 6.07) is 0.347. The number of allylic oxidation sites excluding steroid dienone is 3. The number of nitrogens with zero attached hydrogens (tertiary/aromatic N) is 1. The van der Waals surface area contributed by atoms with Gasteiger partial charge in [0.05, 0.1) is 6.04 Å². The van der Waals surface area contributed by atoms with Crippen molar-refractivity contribution in [3.8, 4) is 0 Å². The first-order chi connectivity index (χ1) is 4.83. The molecule has 0 aliphatic carbocycles. The van der Waals surface area contributed by atoms with Crippen LogP contribution in [0.1, 0.15) is 20.3 Å². The lowest BCUT2D eigenvalue weighted by Crippen LogP contribution is -1.88. The molecule has 0 radical (unpaired) electrons. The smallest absolute Gasteiger partial charge is 0.0654 e. The Labute approximate surface area is 62.2 Å². The van der Waals surface area contributed by atoms with Gasteiger partial charge in [-0.15, -0.1) is 0 Å². The number of hydrogen-bond acceptors (Lipinski definition) is 1. The first-order valence-electron chi connectivity index (χ1n) is 3.73. The highest BCUT2D eigenvalue weighted by Gasteiger charge is 1.94. The molecule has 0 N–H and O–H groups in total. The molecular weight excluding hydrogens is 122 g/mol. The minimum absolute atomic E-state index is 0.347. The van der Waals surface area contributed by atoms with Gasteiger partial charge in [0.2, 0.25) is 0 Å². The fraction of sp³-hybridized carbons (Fsp3) is 0.444. The van der Waals surface area contributed by atoms with Crippen LogP contribution in [0.4, 0.5) is 0 Å². The van der Waals surface area contributed by atoms with Crippen LogP contribution in [0, 0.1) is 0 Å². The molecule has 1 heterocycles. The van der Waals surface area contributed by atoms with E-state index >= 15 is 0 Å². The second kappa shape index (κ2) is 3.35. The molecule has 0 saturated carbocycles. The van der Waals surface area contributed by atoms with Crippen LogP contribution in [0.2, 0.25) is 0 Å². The van der Waals surface area contributed by atoms with Crippen LogP contribution >= 0.6 is 0 Å². The summed E-state index contributed by atoms with van der Waals surface area (Å²) in [6.45, 7) is 4.24. The summed E-state index contributed by atoms with van der Waals surface area (Å²) >= 11 is 0. The van der Waals surface area contributed by atoms with Crippen LogP contribution < -0.4 is 0 Å². The summed E-state index contributed by atoms with van der Waals surface area (Å²) < 4.78 is 0. The molecule has 0 bridgehead atoms. The Morgan fingerprint density at radius 1 is 1.60 bits per heavy atom. The van der Waals surface area contributed by atoms with Crippen LogP contribution in [0.3, 0.4) is 0 Å². The van der Waals surface area contributed by atoms with Gasteiger partial charge in [0.15, 0.2) is 0 Å². The molecule has 10 heavy (non-hydrogen) atoms. The third-order valence-electron chi connectivity index (χ3n) is 1.61. The Kier molecular flexibility index (Phi) is 2.43. The molecule has 0 aromatic rings. The number of aliphatic imine (C=N–C) groups is 1. The average Bonchev–Trinajstić information content (AvgIpc) is 2.14. The Balaban J connectivity index is 2.71. The molecule has 1 atom stereocenters. The lowest BCUT2D eigenvalue weighted by molar-refractivity contribution is 0.934. The molecule has 0 saturated heterocycles. The van der Waals surface area contributed by atoms with Gasteiger partial charge in [-0.3, -0.25) is 4.99 Å². The lowest BCUT2D eigenvalue weighted by Gasteiger charge is -1.93. The fourth-order valence-corrected chi connectivity index (χ4v) is 0.878. The summed E-state index contributed by atoms with van der Waals surface area (Å²) in [5.74, 6) is 0. The summed E-state index contributed by atoms with van der Waals surface area (Å²) in [7, 11) is 0. The summed E-state index contributed by atoms with van der Waals surface area (Å²) in [4.78, 5) is 4.23. The molecule has 1 aliphatic heterocycles. The van der Waals surface area contributed by atoms with Crippen molar-refractivity contribution in [2.24, 2.45) is 4.99 Å². The van der Waals surface area contributed by atoms with Gasteiger partial charge in [-0.1, -0.05) is 19.1 Å². The first-order valence-corrected chi connectivity index (χ1v) is 3.73. The van der Waals surface area contributed by atoms with Crippen molar-refractivity contribution in [1.82, 2.24) is 0 Å². The van der Waals surface area contributed by atoms with Crippen molar-refractivity contribution < 1.29 is 0 Å². The average molecular weight is 135 g/mol. The lowest BCUT2D eigenvalue weighted by atomic mass is 10.2. The molecule has 1 unspecified atom stereocenters. The maximum absolute atomic E-state index is 4.23. The topological polar surface area (TPSA) is 12.4 Å². The molecule has 0 amide bonds. The van der Waals surface area contributed by atoms with E-state index in [1.807, 2.05) is 6.21 Å². The normalized spacial score (nSPS) is 24.2. The number of hydrogen-bond donors (Lipinski definition) is 0. The van der Waals surface area contributed by atoms with Crippen molar-refractivity contribution in [1.29, 1.82) is 0 Å². The third-order valence-corrected chi connectivity index (χ3v) is 1.61. The third kappa shape index (κ3) is 1.83. The summed E-state index contributed by atoms with van der Waals surface area (Å²) in [6.07, 6.45) is 9.33. The van der Waals surface area contributed by atoms with Gasteiger partial charge in [0, 0.05) is 6.21 Å². The zero-order valence-electron chi connectivity index (χ0n) is 6.54. The van der Waals surface area contributed by atoms with E-state index in [-0.39, 0.29) is 0 Å². The zero-order valence-corrected chi connectivity index (χ0v) is 6.54. The van der Waals surface area contributed by atoms with Crippen molar-refractivity contribution in [3.05, 3.63) is 23.8 Å². The van der Waals surface area contributed by atoms with E-state index in [9.17, 15) is 0 Å². The van der Waals surface area contributed by atoms with E-state index in [0.29, 0.717) is 6.04 Å². The van der Waals surface area contributed by atoms with Gasteiger partial charge in [0.25, 0.3) is 0 Å². The van der Waals surface area contributed by atoms with Gasteiger partial charge in [-0.2, -0.15) is 0 Å². The van der Waals surface area contributed by atoms with E-state index in [0.717, 1.165) is 6.42 Å². The highest BCUT2D eigenvalue weighted by atomic mass is 14.7. The van der Waals surface area contributed by atoms with Gasteiger partial charge in [-0.25, -0.2) is 0 Å². The molecule has 0 aromatic heterocycles. The highest BCUT2D eigenvalue weighted by molar-refractivity contribution is 5.74. The molecule has 0 spiro atoms.